The van der Waals surface area contributed by atoms with Crippen molar-refractivity contribution in [3.63, 3.8) is 0 Å². The summed E-state index contributed by atoms with van der Waals surface area (Å²) in [5.74, 6) is 0.497. The lowest BCUT2D eigenvalue weighted by Crippen LogP contribution is -2.13. The van der Waals surface area contributed by atoms with Crippen LogP contribution in [-0.2, 0) is 6.42 Å². The van der Waals surface area contributed by atoms with Crippen LogP contribution in [0.1, 0.15) is 22.3 Å². The van der Waals surface area contributed by atoms with Gasteiger partial charge in [-0.05, 0) is 84.3 Å². The van der Waals surface area contributed by atoms with Crippen molar-refractivity contribution in [2.75, 3.05) is 0 Å². The fraction of sp³-hybridized carbons (Fsp3) is 0.0444. The fourth-order valence-electron chi connectivity index (χ4n) is 6.93. The highest BCUT2D eigenvalue weighted by Crippen LogP contribution is 2.38. The second-order valence-electron chi connectivity index (χ2n) is 12.2. The van der Waals surface area contributed by atoms with Gasteiger partial charge in [0, 0.05) is 5.56 Å². The molecule has 2 nitrogen and oxygen atoms in total. The van der Waals surface area contributed by atoms with Gasteiger partial charge in [-0.3, -0.25) is 0 Å². The van der Waals surface area contributed by atoms with Gasteiger partial charge in [0.15, 0.2) is 0 Å². The molecule has 0 aliphatic rings. The van der Waals surface area contributed by atoms with Crippen LogP contribution in [-0.4, -0.2) is 5.84 Å². The first-order chi connectivity index (χ1) is 23.1. The Morgan fingerprint density at radius 1 is 0.532 bits per heavy atom. The smallest absolute Gasteiger partial charge is 0.131 e. The number of amidine groups is 1. The summed E-state index contributed by atoms with van der Waals surface area (Å²) in [6.45, 7) is 2.22. The molecule has 8 aromatic carbocycles. The number of allylic oxidation sites excluding steroid dienone is 1. The number of nitrogens with two attached hydrogens (primary N) is 1. The Labute approximate surface area is 275 Å². The molecule has 47 heavy (non-hydrogen) atoms. The molecule has 0 radical (unpaired) electrons. The third kappa shape index (κ3) is 5.34. The SMILES string of the molecule is Cc1c(-c2ccc(C(N)=N/C(=C\Cc3ccc4c(ccc5ccccc54)c3)c3ccccc3)cc2)c2ccccc2c2ccccc12. The number of hydrogen-bond acceptors (Lipinski definition) is 1. The topological polar surface area (TPSA) is 38.4 Å². The van der Waals surface area contributed by atoms with E-state index in [9.17, 15) is 0 Å². The van der Waals surface area contributed by atoms with Crippen molar-refractivity contribution >= 4 is 54.6 Å². The van der Waals surface area contributed by atoms with E-state index in [1.54, 1.807) is 0 Å². The molecular formula is C45H34N2. The van der Waals surface area contributed by atoms with Crippen molar-refractivity contribution in [2.45, 2.75) is 13.3 Å². The molecule has 0 saturated carbocycles. The maximum absolute atomic E-state index is 6.72. The molecule has 0 spiro atoms. The quantitative estimate of drug-likeness (QED) is 0.115. The highest BCUT2D eigenvalue weighted by atomic mass is 14.9. The average Bonchev–Trinajstić information content (AvgIpc) is 3.14. The fourth-order valence-corrected chi connectivity index (χ4v) is 6.93. The summed E-state index contributed by atoms with van der Waals surface area (Å²) in [5, 5.41) is 10.2. The second kappa shape index (κ2) is 12.1. The summed E-state index contributed by atoms with van der Waals surface area (Å²) in [5.41, 5.74) is 14.5. The summed E-state index contributed by atoms with van der Waals surface area (Å²) in [4.78, 5) is 5.00. The zero-order valence-electron chi connectivity index (χ0n) is 26.3. The molecule has 0 saturated heterocycles. The summed E-state index contributed by atoms with van der Waals surface area (Å²) in [7, 11) is 0. The zero-order valence-corrected chi connectivity index (χ0v) is 26.3. The summed E-state index contributed by atoms with van der Waals surface area (Å²) >= 11 is 0. The lowest BCUT2D eigenvalue weighted by molar-refractivity contribution is 1.27. The van der Waals surface area contributed by atoms with Gasteiger partial charge in [-0.1, -0.05) is 164 Å². The molecule has 0 bridgehead atoms. The number of nitrogens with zero attached hydrogens (tertiary/aromatic N) is 1. The minimum Gasteiger partial charge on any atom is -0.383 e. The average molecular weight is 603 g/mol. The Kier molecular flexibility index (Phi) is 7.32. The van der Waals surface area contributed by atoms with Crippen LogP contribution in [0.2, 0.25) is 0 Å². The molecule has 0 unspecified atom stereocenters. The van der Waals surface area contributed by atoms with Crippen molar-refractivity contribution in [1.82, 2.24) is 0 Å². The first-order valence-corrected chi connectivity index (χ1v) is 16.1. The van der Waals surface area contributed by atoms with Gasteiger partial charge >= 0.3 is 0 Å². The van der Waals surface area contributed by atoms with Gasteiger partial charge in [0.25, 0.3) is 0 Å². The normalized spacial score (nSPS) is 12.4. The third-order valence-corrected chi connectivity index (χ3v) is 9.31. The van der Waals surface area contributed by atoms with Crippen LogP contribution in [0.25, 0.3) is 59.9 Å². The largest absolute Gasteiger partial charge is 0.383 e. The molecule has 0 heterocycles. The molecule has 2 heteroatoms. The van der Waals surface area contributed by atoms with Crippen LogP contribution in [0, 0.1) is 6.92 Å². The molecule has 0 amide bonds. The highest BCUT2D eigenvalue weighted by molar-refractivity contribution is 6.16. The summed E-state index contributed by atoms with van der Waals surface area (Å²) in [6.07, 6.45) is 2.93. The molecule has 224 valence electrons. The van der Waals surface area contributed by atoms with Crippen LogP contribution in [0.3, 0.4) is 0 Å². The number of rotatable bonds is 6. The number of fused-ring (bicyclic) bond motifs is 6. The number of aryl methyl sites for hydroxylation is 1. The van der Waals surface area contributed by atoms with E-state index in [1.807, 2.05) is 18.2 Å². The van der Waals surface area contributed by atoms with Crippen LogP contribution in [0.15, 0.2) is 169 Å². The molecule has 2 N–H and O–H groups in total. The Hall–Kier alpha value is -5.99. The van der Waals surface area contributed by atoms with E-state index in [4.69, 9.17) is 10.7 Å². The lowest BCUT2D eigenvalue weighted by atomic mass is 9.88. The van der Waals surface area contributed by atoms with Crippen molar-refractivity contribution in [2.24, 2.45) is 10.7 Å². The van der Waals surface area contributed by atoms with Gasteiger partial charge in [-0.2, -0.15) is 0 Å². The van der Waals surface area contributed by atoms with Gasteiger partial charge in [-0.15, -0.1) is 0 Å². The van der Waals surface area contributed by atoms with E-state index in [0.717, 1.165) is 23.2 Å². The van der Waals surface area contributed by atoms with Crippen LogP contribution in [0.4, 0.5) is 0 Å². The van der Waals surface area contributed by atoms with E-state index >= 15 is 0 Å². The summed E-state index contributed by atoms with van der Waals surface area (Å²) in [6, 6.07) is 55.9. The predicted octanol–water partition coefficient (Wildman–Crippen LogP) is 11.3. The van der Waals surface area contributed by atoms with E-state index in [0.29, 0.717) is 5.84 Å². The van der Waals surface area contributed by atoms with Crippen LogP contribution >= 0.6 is 0 Å². The standard InChI is InChI=1S/C45H34N2/c1-30-37-14-7-8-16-40(37)41-17-9-10-18-42(41)44(30)34-22-24-35(25-23-34)45(46)47-43(33-12-3-2-4-13-33)28-20-31-19-27-39-36(29-31)26-21-32-11-5-6-15-38(32)39/h2-19,21-29H,20H2,1H3,(H2,46,47)/b43-28-. The van der Waals surface area contributed by atoms with Crippen molar-refractivity contribution in [3.05, 3.63) is 186 Å². The zero-order chi connectivity index (χ0) is 31.7. The molecule has 8 rings (SSSR count). The molecule has 0 aromatic heterocycles. The molecule has 0 fully saturated rings. The Morgan fingerprint density at radius 2 is 1.13 bits per heavy atom. The first kappa shape index (κ1) is 28.5. The minimum atomic E-state index is 0.497. The van der Waals surface area contributed by atoms with E-state index in [2.05, 4.69) is 153 Å². The van der Waals surface area contributed by atoms with Crippen LogP contribution < -0.4 is 5.73 Å². The van der Waals surface area contributed by atoms with Gasteiger partial charge in [0.1, 0.15) is 5.84 Å². The van der Waals surface area contributed by atoms with E-state index in [-0.39, 0.29) is 0 Å². The maximum Gasteiger partial charge on any atom is 0.131 e. The summed E-state index contributed by atoms with van der Waals surface area (Å²) < 4.78 is 0. The lowest BCUT2D eigenvalue weighted by Gasteiger charge is -2.15. The highest BCUT2D eigenvalue weighted by Gasteiger charge is 2.13. The monoisotopic (exact) mass is 602 g/mol. The maximum atomic E-state index is 6.72. The van der Waals surface area contributed by atoms with Crippen molar-refractivity contribution < 1.29 is 0 Å². The Morgan fingerprint density at radius 3 is 1.89 bits per heavy atom. The Bertz CT molecular complexity index is 2490. The number of hydrogen-bond donors (Lipinski definition) is 1. The molecular weight excluding hydrogens is 569 g/mol. The number of benzene rings is 8. The molecule has 0 aliphatic carbocycles. The number of aliphatic imine (C=N–C) groups is 1. The minimum absolute atomic E-state index is 0.497. The van der Waals surface area contributed by atoms with Crippen molar-refractivity contribution in [3.8, 4) is 11.1 Å². The first-order valence-electron chi connectivity index (χ1n) is 16.1. The van der Waals surface area contributed by atoms with Gasteiger partial charge in [-0.25, -0.2) is 4.99 Å². The molecule has 0 aliphatic heterocycles. The second-order valence-corrected chi connectivity index (χ2v) is 12.2. The van der Waals surface area contributed by atoms with Gasteiger partial charge in [0.05, 0.1) is 5.70 Å². The predicted molar refractivity (Wildman–Crippen MR) is 202 cm³/mol. The van der Waals surface area contributed by atoms with E-state index in [1.165, 1.54) is 65.3 Å². The van der Waals surface area contributed by atoms with Crippen LogP contribution in [0.5, 0.6) is 0 Å². The molecule has 8 aromatic rings. The van der Waals surface area contributed by atoms with E-state index < -0.39 is 0 Å². The molecule has 0 atom stereocenters. The van der Waals surface area contributed by atoms with Gasteiger partial charge < -0.3 is 5.73 Å². The van der Waals surface area contributed by atoms with Gasteiger partial charge in [0.2, 0.25) is 0 Å². The van der Waals surface area contributed by atoms with Crippen molar-refractivity contribution in [1.29, 1.82) is 0 Å². The Balaban J connectivity index is 1.14. The third-order valence-electron chi connectivity index (χ3n) is 9.31.